The van der Waals surface area contributed by atoms with Crippen molar-refractivity contribution in [2.45, 2.75) is 32.3 Å². The van der Waals surface area contributed by atoms with Crippen molar-refractivity contribution in [1.82, 2.24) is 10.3 Å². The quantitative estimate of drug-likeness (QED) is 0.895. The van der Waals surface area contributed by atoms with Crippen molar-refractivity contribution in [3.05, 3.63) is 53.3 Å². The Morgan fingerprint density at radius 3 is 3.00 bits per heavy atom. The number of hydrogen-bond acceptors (Lipinski definition) is 5. The number of amides is 2. The molecule has 134 valence electrons. The first-order chi connectivity index (χ1) is 12.5. The lowest BCUT2D eigenvalue weighted by Crippen LogP contribution is -2.41. The fourth-order valence-corrected chi connectivity index (χ4v) is 3.19. The number of para-hydroxylation sites is 2. The Hall–Kier alpha value is -2.93. The number of carbonyl (C=O) groups excluding carboxylic acids is 2. The third-order valence-corrected chi connectivity index (χ3v) is 4.70. The lowest BCUT2D eigenvalue weighted by Gasteiger charge is -2.17. The van der Waals surface area contributed by atoms with Gasteiger partial charge in [-0.3, -0.25) is 14.6 Å². The summed E-state index contributed by atoms with van der Waals surface area (Å²) in [6, 6.07) is 8.98. The molecule has 2 atom stereocenters. The number of carbonyl (C=O) groups is 2. The maximum atomic E-state index is 12.6. The van der Waals surface area contributed by atoms with E-state index in [1.54, 1.807) is 31.4 Å². The molecule has 2 aromatic rings. The minimum atomic E-state index is -0.759. The van der Waals surface area contributed by atoms with Crippen LogP contribution in [0.15, 0.2) is 36.5 Å². The highest BCUT2D eigenvalue weighted by molar-refractivity contribution is 5.97. The summed E-state index contributed by atoms with van der Waals surface area (Å²) in [7, 11) is 1.69. The first kappa shape index (κ1) is 16.5. The number of nitrogens with one attached hydrogen (secondary N) is 1. The molecule has 7 nitrogen and oxygen atoms in total. The van der Waals surface area contributed by atoms with E-state index in [1.807, 2.05) is 19.1 Å². The number of aromatic nitrogens is 1. The molecule has 0 spiro atoms. The molecule has 0 bridgehead atoms. The number of anilines is 1. The van der Waals surface area contributed by atoms with Crippen LogP contribution in [0.3, 0.4) is 0 Å². The molecule has 26 heavy (non-hydrogen) atoms. The van der Waals surface area contributed by atoms with Gasteiger partial charge in [0.05, 0.1) is 24.8 Å². The van der Waals surface area contributed by atoms with Gasteiger partial charge in [0.15, 0.2) is 6.23 Å². The van der Waals surface area contributed by atoms with Crippen LogP contribution in [-0.4, -0.2) is 30.1 Å². The fraction of sp³-hybridized carbons (Fsp3) is 0.316. The Morgan fingerprint density at radius 1 is 1.35 bits per heavy atom. The number of nitrogens with zero attached hydrogens (tertiary/aromatic N) is 2. The van der Waals surface area contributed by atoms with Gasteiger partial charge in [-0.2, -0.15) is 0 Å². The number of benzene rings is 1. The summed E-state index contributed by atoms with van der Waals surface area (Å²) in [5.74, 6) is 0.0333. The van der Waals surface area contributed by atoms with Crippen molar-refractivity contribution in [2.75, 3.05) is 11.9 Å². The van der Waals surface area contributed by atoms with Gasteiger partial charge in [0.2, 0.25) is 5.91 Å². The van der Waals surface area contributed by atoms with Crippen LogP contribution in [0.1, 0.15) is 41.1 Å². The molecule has 2 aliphatic rings. The van der Waals surface area contributed by atoms with E-state index in [4.69, 9.17) is 9.47 Å². The van der Waals surface area contributed by atoms with Gasteiger partial charge in [-0.15, -0.1) is 0 Å². The molecule has 0 aliphatic carbocycles. The van der Waals surface area contributed by atoms with Crippen LogP contribution in [0.25, 0.3) is 0 Å². The van der Waals surface area contributed by atoms with Gasteiger partial charge in [0.1, 0.15) is 11.4 Å². The summed E-state index contributed by atoms with van der Waals surface area (Å²) in [4.78, 5) is 30.7. The Morgan fingerprint density at radius 2 is 2.15 bits per heavy atom. The Balaban J connectivity index is 1.55. The van der Waals surface area contributed by atoms with Crippen molar-refractivity contribution in [3.63, 3.8) is 0 Å². The second kappa shape index (κ2) is 6.42. The summed E-state index contributed by atoms with van der Waals surface area (Å²) in [6.45, 7) is 2.45. The lowest BCUT2D eigenvalue weighted by atomic mass is 10.1. The SMILES string of the molecule is C[C@@H]1OCc2cnc(C(=O)NC3CC(=O)N(C)c4ccccc4O3)cc21. The zero-order chi connectivity index (χ0) is 18.3. The molecular formula is C19H19N3O4. The number of rotatable bonds is 2. The second-order valence-electron chi connectivity index (χ2n) is 6.43. The predicted molar refractivity (Wildman–Crippen MR) is 93.8 cm³/mol. The standard InChI is InChI=1S/C19H19N3O4/c1-11-13-7-14(20-9-12(13)10-25-11)19(24)21-17-8-18(23)22(2)15-5-3-4-6-16(15)26-17/h3-7,9,11,17H,8,10H2,1-2H3,(H,21,24)/t11-,17?/m0/s1. The molecule has 2 amide bonds. The molecule has 0 saturated carbocycles. The first-order valence-electron chi connectivity index (χ1n) is 8.46. The molecule has 1 N–H and O–H groups in total. The Labute approximate surface area is 150 Å². The molecule has 2 aliphatic heterocycles. The highest BCUT2D eigenvalue weighted by atomic mass is 16.5. The molecule has 1 aromatic carbocycles. The van der Waals surface area contributed by atoms with E-state index >= 15 is 0 Å². The summed E-state index contributed by atoms with van der Waals surface area (Å²) < 4.78 is 11.4. The Kier molecular flexibility index (Phi) is 4.08. The van der Waals surface area contributed by atoms with Crippen LogP contribution >= 0.6 is 0 Å². The zero-order valence-electron chi connectivity index (χ0n) is 14.6. The Bertz CT molecular complexity index is 883. The summed E-state index contributed by atoms with van der Waals surface area (Å²) in [5, 5.41) is 2.76. The van der Waals surface area contributed by atoms with Gasteiger partial charge in [-0.1, -0.05) is 12.1 Å². The first-order valence-corrected chi connectivity index (χ1v) is 8.46. The summed E-state index contributed by atoms with van der Waals surface area (Å²) >= 11 is 0. The van der Waals surface area contributed by atoms with Gasteiger partial charge in [0, 0.05) is 18.8 Å². The van der Waals surface area contributed by atoms with Crippen LogP contribution in [0.4, 0.5) is 5.69 Å². The van der Waals surface area contributed by atoms with Crippen molar-refractivity contribution in [2.24, 2.45) is 0 Å². The molecule has 0 saturated heterocycles. The van der Waals surface area contributed by atoms with Crippen molar-refractivity contribution in [3.8, 4) is 5.75 Å². The van der Waals surface area contributed by atoms with E-state index < -0.39 is 6.23 Å². The van der Waals surface area contributed by atoms with Crippen LogP contribution in [0.2, 0.25) is 0 Å². The minimum Gasteiger partial charge on any atom is -0.468 e. The van der Waals surface area contributed by atoms with E-state index in [1.165, 1.54) is 4.90 Å². The van der Waals surface area contributed by atoms with Crippen LogP contribution in [0, 0.1) is 0 Å². The van der Waals surface area contributed by atoms with Gasteiger partial charge in [0.25, 0.3) is 5.91 Å². The van der Waals surface area contributed by atoms with E-state index in [-0.39, 0.29) is 30.0 Å². The number of hydrogen-bond donors (Lipinski definition) is 1. The van der Waals surface area contributed by atoms with Crippen molar-refractivity contribution >= 4 is 17.5 Å². The van der Waals surface area contributed by atoms with Gasteiger partial charge in [-0.25, -0.2) is 0 Å². The highest BCUT2D eigenvalue weighted by Gasteiger charge is 2.29. The maximum absolute atomic E-state index is 12.6. The average molecular weight is 353 g/mol. The normalized spacial score (nSPS) is 21.5. The fourth-order valence-electron chi connectivity index (χ4n) is 3.19. The van der Waals surface area contributed by atoms with Crippen LogP contribution in [-0.2, 0) is 16.1 Å². The highest BCUT2D eigenvalue weighted by Crippen LogP contribution is 2.32. The monoisotopic (exact) mass is 353 g/mol. The average Bonchev–Trinajstić information content (AvgIpc) is 2.96. The van der Waals surface area contributed by atoms with E-state index in [0.717, 1.165) is 11.1 Å². The molecular weight excluding hydrogens is 334 g/mol. The predicted octanol–water partition coefficient (Wildman–Crippen LogP) is 2.17. The van der Waals surface area contributed by atoms with Crippen molar-refractivity contribution < 1.29 is 19.1 Å². The number of fused-ring (bicyclic) bond motifs is 2. The third kappa shape index (κ3) is 2.90. The minimum absolute atomic E-state index is 0.0430. The maximum Gasteiger partial charge on any atom is 0.272 e. The van der Waals surface area contributed by atoms with Gasteiger partial charge >= 0.3 is 0 Å². The van der Waals surface area contributed by atoms with Crippen molar-refractivity contribution in [1.29, 1.82) is 0 Å². The van der Waals surface area contributed by atoms with Crippen LogP contribution < -0.4 is 15.0 Å². The topological polar surface area (TPSA) is 80.8 Å². The van der Waals surface area contributed by atoms with E-state index in [2.05, 4.69) is 10.3 Å². The number of ether oxygens (including phenoxy) is 2. The van der Waals surface area contributed by atoms with Crippen LogP contribution in [0.5, 0.6) is 5.75 Å². The molecule has 0 fully saturated rings. The zero-order valence-corrected chi connectivity index (χ0v) is 14.6. The molecule has 1 unspecified atom stereocenters. The van der Waals surface area contributed by atoms with E-state index in [0.29, 0.717) is 18.0 Å². The summed E-state index contributed by atoms with van der Waals surface area (Å²) in [5.41, 5.74) is 2.91. The molecule has 4 rings (SSSR count). The third-order valence-electron chi connectivity index (χ3n) is 4.70. The summed E-state index contributed by atoms with van der Waals surface area (Å²) in [6.07, 6.45) is 0.887. The largest absolute Gasteiger partial charge is 0.468 e. The van der Waals surface area contributed by atoms with E-state index in [9.17, 15) is 9.59 Å². The smallest absolute Gasteiger partial charge is 0.272 e. The van der Waals surface area contributed by atoms with Gasteiger partial charge in [-0.05, 0) is 30.7 Å². The second-order valence-corrected chi connectivity index (χ2v) is 6.43. The lowest BCUT2D eigenvalue weighted by molar-refractivity contribution is -0.119. The number of pyridine rings is 1. The van der Waals surface area contributed by atoms with Gasteiger partial charge < -0.3 is 19.7 Å². The molecule has 0 radical (unpaired) electrons. The molecule has 3 heterocycles. The molecule has 1 aromatic heterocycles. The molecule has 7 heteroatoms.